The molecule has 0 aliphatic heterocycles. The summed E-state index contributed by atoms with van der Waals surface area (Å²) in [5.74, 6) is 3.83. The molecule has 9 rings (SSSR count). The van der Waals surface area contributed by atoms with Gasteiger partial charge < -0.3 is 14.2 Å². The van der Waals surface area contributed by atoms with Gasteiger partial charge in [-0.1, -0.05) is 24.3 Å². The number of aryl methyl sites for hydroxylation is 8. The van der Waals surface area contributed by atoms with E-state index in [1.165, 1.54) is 5.56 Å². The summed E-state index contributed by atoms with van der Waals surface area (Å²) in [5.41, 5.74) is 12.4. The number of aromatic nitrogens is 10. The Balaban J connectivity index is 0.000000144. The molecule has 0 aliphatic carbocycles. The fourth-order valence-electron chi connectivity index (χ4n) is 5.82. The highest BCUT2D eigenvalue weighted by Gasteiger charge is 2.07. The van der Waals surface area contributed by atoms with E-state index in [0.29, 0.717) is 11.5 Å². The fraction of sp³-hybridized carbons (Fsp3) is 0.234. The monoisotopic (exact) mass is 802 g/mol. The predicted molar refractivity (Wildman–Crippen MR) is 238 cm³/mol. The van der Waals surface area contributed by atoms with E-state index in [-0.39, 0.29) is 0 Å². The Morgan fingerprint density at radius 3 is 1.48 bits per heavy atom. The van der Waals surface area contributed by atoms with Crippen molar-refractivity contribution < 1.29 is 14.2 Å². The molecular formula is C47H50N10O3. The number of benzene rings is 4. The van der Waals surface area contributed by atoms with Gasteiger partial charge in [0.05, 0.1) is 77.0 Å². The van der Waals surface area contributed by atoms with Crippen LogP contribution in [0, 0.1) is 55.4 Å². The van der Waals surface area contributed by atoms with E-state index >= 15 is 0 Å². The van der Waals surface area contributed by atoms with Crippen LogP contribution in [0.1, 0.15) is 45.7 Å². The largest absolute Gasteiger partial charge is 0.497 e. The summed E-state index contributed by atoms with van der Waals surface area (Å²) in [6.07, 6.45) is 7.12. The maximum Gasteiger partial charge on any atom is 0.163 e. The van der Waals surface area contributed by atoms with Crippen LogP contribution in [0.4, 0.5) is 0 Å². The first kappa shape index (κ1) is 43.8. The van der Waals surface area contributed by atoms with Crippen LogP contribution in [0.3, 0.4) is 0 Å². The van der Waals surface area contributed by atoms with E-state index in [4.69, 9.17) is 14.2 Å². The Bertz CT molecular complexity index is 2770. The van der Waals surface area contributed by atoms with Gasteiger partial charge in [-0.2, -0.15) is 0 Å². The van der Waals surface area contributed by atoms with Gasteiger partial charge in [0.1, 0.15) is 17.4 Å². The number of methoxy groups -OCH3 is 3. The van der Waals surface area contributed by atoms with Crippen LogP contribution >= 0.6 is 0 Å². The minimum atomic E-state index is 0.670. The molecule has 9 aromatic rings. The Morgan fingerprint density at radius 1 is 0.350 bits per heavy atom. The van der Waals surface area contributed by atoms with Crippen molar-refractivity contribution in [3.63, 3.8) is 0 Å². The van der Waals surface area contributed by atoms with E-state index < -0.39 is 0 Å². The van der Waals surface area contributed by atoms with Crippen LogP contribution in [-0.2, 0) is 0 Å². The van der Waals surface area contributed by atoms with Crippen molar-refractivity contribution in [1.82, 2.24) is 49.8 Å². The zero-order valence-electron chi connectivity index (χ0n) is 36.0. The standard InChI is InChI=1S/C11H12N2O2.C10H10N2O.C10H10N2.C9H8N2.C7H10N2/c1-7-6-12-8-4-10(14-2)11(15-3)5-9(8)13-7;1-7-6-11-10-5-8(13-2)3-4-9(10)12-7;1-7-3-4-9-10(5-7)12-8(2)6-11-9;1-7-10-6-8-4-2-3-5-9(8)11-7;1-5-4-6(2)9-7(3)8-5/h4-6H,1-3H3;3-6H,1-2H3;3-6H,1-2H3;2-6H,1H3;4H,1-3H3. The van der Waals surface area contributed by atoms with E-state index in [1.807, 2.05) is 127 Å². The number of hydrogen-bond acceptors (Lipinski definition) is 13. The van der Waals surface area contributed by atoms with Crippen molar-refractivity contribution in [2.75, 3.05) is 21.3 Å². The number of rotatable bonds is 3. The molecule has 0 radical (unpaired) electrons. The van der Waals surface area contributed by atoms with Crippen LogP contribution in [0.25, 0.3) is 44.0 Å². The van der Waals surface area contributed by atoms with Gasteiger partial charge in [0, 0.05) is 59.8 Å². The van der Waals surface area contributed by atoms with Crippen LogP contribution in [0.2, 0.25) is 0 Å². The Morgan fingerprint density at radius 2 is 0.883 bits per heavy atom. The van der Waals surface area contributed by atoms with E-state index in [0.717, 1.165) is 89.9 Å². The van der Waals surface area contributed by atoms with Gasteiger partial charge in [0.25, 0.3) is 0 Å². The van der Waals surface area contributed by atoms with Crippen molar-refractivity contribution in [2.45, 2.75) is 55.4 Å². The molecule has 0 spiro atoms. The maximum atomic E-state index is 5.19. The average molecular weight is 803 g/mol. The van der Waals surface area contributed by atoms with Gasteiger partial charge in [0.15, 0.2) is 11.5 Å². The number of hydrogen-bond donors (Lipinski definition) is 0. The second kappa shape index (κ2) is 20.9. The van der Waals surface area contributed by atoms with Gasteiger partial charge in [-0.25, -0.2) is 34.9 Å². The molecule has 60 heavy (non-hydrogen) atoms. The van der Waals surface area contributed by atoms with Crippen molar-refractivity contribution in [3.8, 4) is 17.2 Å². The third kappa shape index (κ3) is 12.6. The predicted octanol–water partition coefficient (Wildman–Crippen LogP) is 9.49. The summed E-state index contributed by atoms with van der Waals surface area (Å²) in [6, 6.07) is 25.3. The number of fused-ring (bicyclic) bond motifs is 4. The molecule has 13 nitrogen and oxygen atoms in total. The Labute approximate surface area is 350 Å². The van der Waals surface area contributed by atoms with Crippen LogP contribution in [0.5, 0.6) is 17.2 Å². The smallest absolute Gasteiger partial charge is 0.163 e. The van der Waals surface area contributed by atoms with Crippen LogP contribution in [-0.4, -0.2) is 71.2 Å². The summed E-state index contributed by atoms with van der Waals surface area (Å²) in [5, 5.41) is 1.10. The third-order valence-electron chi connectivity index (χ3n) is 8.56. The molecule has 0 saturated heterocycles. The Kier molecular flexibility index (Phi) is 15.3. The fourth-order valence-corrected chi connectivity index (χ4v) is 5.82. The first-order valence-electron chi connectivity index (χ1n) is 19.1. The van der Waals surface area contributed by atoms with Crippen molar-refractivity contribution in [3.05, 3.63) is 149 Å². The molecule has 4 aromatic carbocycles. The number of nitrogens with zero attached hydrogens (tertiary/aromatic N) is 10. The molecular weight excluding hydrogens is 753 g/mol. The molecule has 0 fully saturated rings. The normalized spacial score (nSPS) is 10.2. The third-order valence-corrected chi connectivity index (χ3v) is 8.56. The molecule has 0 bridgehead atoms. The highest BCUT2D eigenvalue weighted by Crippen LogP contribution is 2.30. The van der Waals surface area contributed by atoms with Crippen molar-refractivity contribution in [2.24, 2.45) is 0 Å². The van der Waals surface area contributed by atoms with E-state index in [9.17, 15) is 0 Å². The molecule has 0 amide bonds. The molecule has 0 N–H and O–H groups in total. The highest BCUT2D eigenvalue weighted by atomic mass is 16.5. The molecule has 0 atom stereocenters. The number of ether oxygens (including phenoxy) is 3. The second-order valence-corrected chi connectivity index (χ2v) is 13.8. The SMILES string of the molecule is COc1cc2ncc(C)nc2cc1OC.COc1ccc2nc(C)cnc2c1.Cc1cc(C)nc(C)n1.Cc1ccc2ncc(C)nc2c1.Cc1ncc2ccccc2n1. The first-order chi connectivity index (χ1) is 28.8. The lowest BCUT2D eigenvalue weighted by atomic mass is 10.2. The van der Waals surface area contributed by atoms with E-state index in [1.54, 1.807) is 39.9 Å². The zero-order valence-corrected chi connectivity index (χ0v) is 36.0. The molecule has 13 heteroatoms. The second-order valence-electron chi connectivity index (χ2n) is 13.8. The molecule has 306 valence electrons. The lowest BCUT2D eigenvalue weighted by Crippen LogP contribution is -1.93. The average Bonchev–Trinajstić information content (AvgIpc) is 3.23. The molecule has 5 heterocycles. The van der Waals surface area contributed by atoms with Gasteiger partial charge in [-0.3, -0.25) is 15.0 Å². The summed E-state index contributed by atoms with van der Waals surface area (Å²) < 4.78 is 15.5. The van der Waals surface area contributed by atoms with Crippen molar-refractivity contribution >= 4 is 44.0 Å². The topological polar surface area (TPSA) is 157 Å². The van der Waals surface area contributed by atoms with Gasteiger partial charge in [-0.05, 0) is 97.4 Å². The summed E-state index contributed by atoms with van der Waals surface area (Å²) in [6.45, 7) is 15.6. The van der Waals surface area contributed by atoms with Crippen LogP contribution < -0.4 is 14.2 Å². The first-order valence-corrected chi connectivity index (χ1v) is 19.1. The lowest BCUT2D eigenvalue weighted by Gasteiger charge is -2.08. The van der Waals surface area contributed by atoms with Gasteiger partial charge >= 0.3 is 0 Å². The van der Waals surface area contributed by atoms with Gasteiger partial charge in [0.2, 0.25) is 0 Å². The molecule has 5 aromatic heterocycles. The number of para-hydroxylation sites is 1. The lowest BCUT2D eigenvalue weighted by molar-refractivity contribution is 0.355. The van der Waals surface area contributed by atoms with E-state index in [2.05, 4.69) is 62.8 Å². The highest BCUT2D eigenvalue weighted by molar-refractivity contribution is 5.79. The summed E-state index contributed by atoms with van der Waals surface area (Å²) in [4.78, 5) is 42.4. The quantitative estimate of drug-likeness (QED) is 0.167. The maximum absolute atomic E-state index is 5.19. The molecule has 0 unspecified atom stereocenters. The summed E-state index contributed by atoms with van der Waals surface area (Å²) in [7, 11) is 4.85. The zero-order chi connectivity index (χ0) is 43.2. The molecule has 0 saturated carbocycles. The van der Waals surface area contributed by atoms with Crippen molar-refractivity contribution in [1.29, 1.82) is 0 Å². The molecule has 0 aliphatic rings. The minimum Gasteiger partial charge on any atom is -0.497 e. The van der Waals surface area contributed by atoms with Crippen LogP contribution in [0.15, 0.2) is 104 Å². The minimum absolute atomic E-state index is 0.670. The Hall–Kier alpha value is -7.28. The van der Waals surface area contributed by atoms with Gasteiger partial charge in [-0.15, -0.1) is 0 Å². The summed E-state index contributed by atoms with van der Waals surface area (Å²) >= 11 is 0.